The quantitative estimate of drug-likeness (QED) is 0.587. The number of carbonyl (C=O) groups is 3. The SMILES string of the molecule is Cc1cc(C)cc(NC(=O)C(C)(C)C)c1.O=C(C(=O)C(F)(F)F)C(F)(F)F. The van der Waals surface area contributed by atoms with Gasteiger partial charge in [0.25, 0.3) is 0 Å². The molecule has 0 saturated heterocycles. The summed E-state index contributed by atoms with van der Waals surface area (Å²) in [4.78, 5) is 31.0. The van der Waals surface area contributed by atoms with E-state index in [4.69, 9.17) is 0 Å². The fraction of sp³-hybridized carbons (Fsp3) is 0.471. The zero-order chi connectivity index (χ0) is 21.8. The predicted molar refractivity (Wildman–Crippen MR) is 86.1 cm³/mol. The van der Waals surface area contributed by atoms with Crippen LogP contribution in [0.5, 0.6) is 0 Å². The number of halogens is 6. The van der Waals surface area contributed by atoms with E-state index < -0.39 is 23.9 Å². The van der Waals surface area contributed by atoms with Crippen LogP contribution >= 0.6 is 0 Å². The molecule has 1 amide bonds. The Hall–Kier alpha value is -2.39. The molecule has 0 aromatic heterocycles. The number of alkyl halides is 6. The van der Waals surface area contributed by atoms with E-state index in [0.29, 0.717) is 0 Å². The Morgan fingerprint density at radius 3 is 1.33 bits per heavy atom. The van der Waals surface area contributed by atoms with Gasteiger partial charge in [-0.1, -0.05) is 26.8 Å². The fourth-order valence-corrected chi connectivity index (χ4v) is 1.62. The van der Waals surface area contributed by atoms with Crippen LogP contribution in [0.3, 0.4) is 0 Å². The molecule has 0 aliphatic carbocycles. The third-order valence-electron chi connectivity index (χ3n) is 2.88. The maximum absolute atomic E-state index is 11.7. The average molecular weight is 399 g/mol. The number of anilines is 1. The summed E-state index contributed by atoms with van der Waals surface area (Å²) < 4.78 is 67.0. The summed E-state index contributed by atoms with van der Waals surface area (Å²) in [5, 5.41) is 2.92. The van der Waals surface area contributed by atoms with E-state index in [1.165, 1.54) is 11.1 Å². The number of Topliss-reactive ketones (excluding diaryl/α,β-unsaturated/α-hetero) is 2. The van der Waals surface area contributed by atoms with Gasteiger partial charge in [0.05, 0.1) is 0 Å². The first-order valence-corrected chi connectivity index (χ1v) is 7.48. The Balaban J connectivity index is 0.000000516. The molecule has 0 aliphatic rings. The minimum atomic E-state index is -5.77. The largest absolute Gasteiger partial charge is 0.458 e. The normalized spacial score (nSPS) is 12.0. The highest BCUT2D eigenvalue weighted by Crippen LogP contribution is 2.24. The number of aryl methyl sites for hydroxylation is 2. The van der Waals surface area contributed by atoms with Crippen molar-refractivity contribution in [1.82, 2.24) is 0 Å². The molecule has 0 radical (unpaired) electrons. The van der Waals surface area contributed by atoms with Crippen molar-refractivity contribution in [2.75, 3.05) is 5.32 Å². The van der Waals surface area contributed by atoms with Gasteiger partial charge in [-0.3, -0.25) is 14.4 Å². The van der Waals surface area contributed by atoms with Gasteiger partial charge in [-0.2, -0.15) is 26.3 Å². The van der Waals surface area contributed by atoms with Gasteiger partial charge in [0.1, 0.15) is 0 Å². The van der Waals surface area contributed by atoms with E-state index in [9.17, 15) is 40.7 Å². The maximum Gasteiger partial charge on any atom is 0.458 e. The van der Waals surface area contributed by atoms with E-state index >= 15 is 0 Å². The lowest BCUT2D eigenvalue weighted by Crippen LogP contribution is -2.39. The van der Waals surface area contributed by atoms with Gasteiger partial charge in [0, 0.05) is 11.1 Å². The van der Waals surface area contributed by atoms with Crippen LogP contribution in [-0.4, -0.2) is 29.8 Å². The van der Waals surface area contributed by atoms with Crippen molar-refractivity contribution in [3.05, 3.63) is 29.3 Å². The molecular formula is C17H19F6NO3. The topological polar surface area (TPSA) is 63.2 Å². The van der Waals surface area contributed by atoms with Crippen molar-refractivity contribution in [3.63, 3.8) is 0 Å². The first-order valence-electron chi connectivity index (χ1n) is 7.48. The maximum atomic E-state index is 11.7. The van der Waals surface area contributed by atoms with E-state index in [1.54, 1.807) is 0 Å². The highest BCUT2D eigenvalue weighted by atomic mass is 19.4. The minimum absolute atomic E-state index is 0.0486. The second kappa shape index (κ2) is 8.53. The molecule has 0 aliphatic heterocycles. The Labute approximate surface area is 151 Å². The molecule has 1 aromatic rings. The summed E-state index contributed by atoms with van der Waals surface area (Å²) in [6, 6.07) is 6.06. The van der Waals surface area contributed by atoms with Gasteiger partial charge in [-0.15, -0.1) is 0 Å². The van der Waals surface area contributed by atoms with Crippen molar-refractivity contribution in [1.29, 1.82) is 0 Å². The highest BCUT2D eigenvalue weighted by Gasteiger charge is 2.54. The van der Waals surface area contributed by atoms with E-state index in [-0.39, 0.29) is 11.3 Å². The lowest BCUT2D eigenvalue weighted by Gasteiger charge is -2.18. The first kappa shape index (κ1) is 24.6. The summed E-state index contributed by atoms with van der Waals surface area (Å²) in [5.41, 5.74) is 2.86. The monoisotopic (exact) mass is 399 g/mol. The van der Waals surface area contributed by atoms with Gasteiger partial charge in [-0.25, -0.2) is 0 Å². The van der Waals surface area contributed by atoms with Crippen molar-refractivity contribution in [2.45, 2.75) is 47.0 Å². The second-order valence-corrected chi connectivity index (χ2v) is 6.73. The number of benzene rings is 1. The molecule has 1 aromatic carbocycles. The van der Waals surface area contributed by atoms with Crippen molar-refractivity contribution < 1.29 is 40.7 Å². The lowest BCUT2D eigenvalue weighted by atomic mass is 9.95. The summed E-state index contributed by atoms with van der Waals surface area (Å²) in [5.74, 6) is -6.77. The number of nitrogens with one attached hydrogen (secondary N) is 1. The molecule has 27 heavy (non-hydrogen) atoms. The molecule has 0 bridgehead atoms. The molecule has 0 heterocycles. The fourth-order valence-electron chi connectivity index (χ4n) is 1.62. The van der Waals surface area contributed by atoms with Crippen molar-refractivity contribution in [2.24, 2.45) is 5.41 Å². The molecule has 0 unspecified atom stereocenters. The standard InChI is InChI=1S/C13H19NO.C4F6O2/c1-9-6-10(2)8-11(7-9)14-12(15)13(3,4)5;5-3(6,7)1(11)2(12)4(8,9)10/h6-8H,1-5H3,(H,14,15);. The van der Waals surface area contributed by atoms with Crippen LogP contribution in [0.1, 0.15) is 31.9 Å². The number of hydrogen-bond donors (Lipinski definition) is 1. The molecule has 1 N–H and O–H groups in total. The summed E-state index contributed by atoms with van der Waals surface area (Å²) >= 11 is 0. The molecule has 0 fully saturated rings. The minimum Gasteiger partial charge on any atom is -0.326 e. The van der Waals surface area contributed by atoms with Gasteiger partial charge >= 0.3 is 23.9 Å². The molecule has 1 rings (SSSR count). The molecule has 4 nitrogen and oxygen atoms in total. The Kier molecular flexibility index (Phi) is 7.78. The molecule has 10 heteroatoms. The van der Waals surface area contributed by atoms with E-state index in [2.05, 4.69) is 11.4 Å². The number of carbonyl (C=O) groups excluding carboxylic acids is 3. The van der Waals surface area contributed by atoms with Crippen molar-refractivity contribution in [3.8, 4) is 0 Å². The molecule has 0 spiro atoms. The number of amides is 1. The Morgan fingerprint density at radius 2 is 1.07 bits per heavy atom. The van der Waals surface area contributed by atoms with Crippen molar-refractivity contribution >= 4 is 23.2 Å². The van der Waals surface area contributed by atoms with Crippen LogP contribution in [0.25, 0.3) is 0 Å². The summed E-state index contributed by atoms with van der Waals surface area (Å²) in [7, 11) is 0. The van der Waals surface area contributed by atoms with Crippen LogP contribution in [0.15, 0.2) is 18.2 Å². The molecule has 0 atom stereocenters. The van der Waals surface area contributed by atoms with Crippen LogP contribution in [0.2, 0.25) is 0 Å². The van der Waals surface area contributed by atoms with Gasteiger partial charge in [-0.05, 0) is 37.1 Å². The molecule has 152 valence electrons. The third kappa shape index (κ3) is 8.69. The predicted octanol–water partition coefficient (Wildman–Crippen LogP) is 4.54. The zero-order valence-corrected chi connectivity index (χ0v) is 15.2. The number of hydrogen-bond acceptors (Lipinski definition) is 3. The van der Waals surface area contributed by atoms with Crippen LogP contribution < -0.4 is 5.32 Å². The Morgan fingerprint density at radius 1 is 0.741 bits per heavy atom. The molecular weight excluding hydrogens is 380 g/mol. The average Bonchev–Trinajstić information content (AvgIpc) is 2.42. The van der Waals surface area contributed by atoms with E-state index in [0.717, 1.165) is 5.69 Å². The smallest absolute Gasteiger partial charge is 0.326 e. The summed E-state index contributed by atoms with van der Waals surface area (Å²) in [6.45, 7) is 9.78. The Bertz CT molecular complexity index is 671. The van der Waals surface area contributed by atoms with Gasteiger partial charge in [0.2, 0.25) is 5.91 Å². The van der Waals surface area contributed by atoms with Crippen LogP contribution in [-0.2, 0) is 14.4 Å². The zero-order valence-electron chi connectivity index (χ0n) is 15.2. The number of rotatable bonds is 2. The lowest BCUT2D eigenvalue weighted by molar-refractivity contribution is -0.193. The van der Waals surface area contributed by atoms with Crippen LogP contribution in [0.4, 0.5) is 32.0 Å². The second-order valence-electron chi connectivity index (χ2n) is 6.73. The van der Waals surface area contributed by atoms with Crippen LogP contribution in [0, 0.1) is 19.3 Å². The molecule has 0 saturated carbocycles. The third-order valence-corrected chi connectivity index (χ3v) is 2.88. The van der Waals surface area contributed by atoms with Gasteiger partial charge in [0.15, 0.2) is 0 Å². The summed E-state index contributed by atoms with van der Waals surface area (Å²) in [6.07, 6.45) is -11.5. The van der Waals surface area contributed by atoms with Gasteiger partial charge < -0.3 is 5.32 Å². The highest BCUT2D eigenvalue weighted by molar-refractivity contribution is 6.41. The first-order chi connectivity index (χ1) is 11.9. The number of ketones is 2. The van der Waals surface area contributed by atoms with E-state index in [1.807, 2.05) is 46.8 Å².